The fourth-order valence-corrected chi connectivity index (χ4v) is 2.39. The molecule has 0 aliphatic rings. The Morgan fingerprint density at radius 1 is 1.09 bits per heavy atom. The molecule has 0 radical (unpaired) electrons. The maximum atomic E-state index is 12.3. The number of aromatic nitrogens is 4. The van der Waals surface area contributed by atoms with E-state index in [1.165, 1.54) is 17.2 Å². The second kappa shape index (κ2) is 5.48. The first-order valence-corrected chi connectivity index (χ1v) is 6.92. The average Bonchev–Trinajstić information content (AvgIpc) is 2.96. The maximum Gasteiger partial charge on any atom is 0.332 e. The Labute approximate surface area is 126 Å². The van der Waals surface area contributed by atoms with Gasteiger partial charge in [-0.05, 0) is 12.0 Å². The number of imidazole rings is 1. The van der Waals surface area contributed by atoms with Crippen LogP contribution >= 0.6 is 0 Å². The third-order valence-electron chi connectivity index (χ3n) is 3.64. The zero-order valence-corrected chi connectivity index (χ0v) is 12.4. The highest BCUT2D eigenvalue weighted by Gasteiger charge is 2.12. The van der Waals surface area contributed by atoms with Crippen LogP contribution < -0.4 is 11.2 Å². The molecule has 0 saturated heterocycles. The molecule has 112 valence electrons. The van der Waals surface area contributed by atoms with Gasteiger partial charge in [0.25, 0.3) is 5.56 Å². The summed E-state index contributed by atoms with van der Waals surface area (Å²) in [7, 11) is 3.07. The molecular weight excluding hydrogens is 280 g/mol. The smallest absolute Gasteiger partial charge is 0.300 e. The largest absolute Gasteiger partial charge is 0.332 e. The summed E-state index contributed by atoms with van der Waals surface area (Å²) in [4.78, 5) is 28.3. The van der Waals surface area contributed by atoms with E-state index < -0.39 is 0 Å². The van der Waals surface area contributed by atoms with Gasteiger partial charge in [0.2, 0.25) is 0 Å². The Kier molecular flexibility index (Phi) is 3.50. The van der Waals surface area contributed by atoms with E-state index >= 15 is 0 Å². The summed E-state index contributed by atoms with van der Waals surface area (Å²) in [6.45, 7) is 0. The predicted octanol–water partition coefficient (Wildman–Crippen LogP) is 1.15. The molecule has 0 aliphatic heterocycles. The second-order valence-electron chi connectivity index (χ2n) is 5.10. The van der Waals surface area contributed by atoms with Crippen molar-refractivity contribution in [2.24, 2.45) is 14.1 Å². The average molecular weight is 296 g/mol. The van der Waals surface area contributed by atoms with Crippen LogP contribution in [0.3, 0.4) is 0 Å². The van der Waals surface area contributed by atoms with Gasteiger partial charge in [-0.2, -0.15) is 0 Å². The molecule has 0 bridgehead atoms. The second-order valence-corrected chi connectivity index (χ2v) is 5.10. The normalized spacial score (nSPS) is 11.5. The minimum absolute atomic E-state index is 0.347. The molecule has 6 nitrogen and oxygen atoms in total. The van der Waals surface area contributed by atoms with Crippen LogP contribution in [0.15, 0.2) is 52.3 Å². The van der Waals surface area contributed by atoms with Crippen molar-refractivity contribution in [2.75, 3.05) is 0 Å². The number of allylic oxidation sites excluding steroid dienone is 1. The number of hydrogen-bond donors (Lipinski definition) is 0. The molecule has 0 aliphatic carbocycles. The third kappa shape index (κ3) is 2.28. The molecule has 3 rings (SSSR count). The van der Waals surface area contributed by atoms with Gasteiger partial charge < -0.3 is 4.57 Å². The number of nitrogens with zero attached hydrogens (tertiary/aromatic N) is 4. The molecule has 6 heteroatoms. The summed E-state index contributed by atoms with van der Waals surface area (Å²) in [5.41, 5.74) is 1.24. The number of fused-ring (bicyclic) bond motifs is 1. The van der Waals surface area contributed by atoms with Crippen molar-refractivity contribution >= 4 is 17.4 Å². The molecule has 0 atom stereocenters. The van der Waals surface area contributed by atoms with Crippen LogP contribution in [0.4, 0.5) is 0 Å². The number of rotatable bonds is 3. The Bertz CT molecular complexity index is 961. The molecule has 0 unspecified atom stereocenters. The highest BCUT2D eigenvalue weighted by atomic mass is 16.2. The lowest BCUT2D eigenvalue weighted by Crippen LogP contribution is -2.37. The van der Waals surface area contributed by atoms with Crippen molar-refractivity contribution in [3.05, 3.63) is 69.1 Å². The minimum Gasteiger partial charge on any atom is -0.300 e. The van der Waals surface area contributed by atoms with Crippen LogP contribution in [0.5, 0.6) is 0 Å². The van der Waals surface area contributed by atoms with Crippen molar-refractivity contribution in [1.82, 2.24) is 18.7 Å². The molecule has 2 aromatic heterocycles. The zero-order chi connectivity index (χ0) is 15.7. The highest BCUT2D eigenvalue weighted by molar-refractivity contribution is 5.72. The lowest BCUT2D eigenvalue weighted by atomic mass is 10.1. The van der Waals surface area contributed by atoms with Gasteiger partial charge in [-0.25, -0.2) is 9.78 Å². The molecule has 22 heavy (non-hydrogen) atoms. The van der Waals surface area contributed by atoms with Gasteiger partial charge in [0, 0.05) is 20.3 Å². The Balaban J connectivity index is 2.02. The number of aryl methyl sites for hydroxylation is 1. The SMILES string of the molecule is Cn1c(=O)c2c(ncn2/C=C/Cc2ccccc2)n(C)c1=O. The van der Waals surface area contributed by atoms with Crippen molar-refractivity contribution < 1.29 is 0 Å². The molecule has 0 saturated carbocycles. The van der Waals surface area contributed by atoms with Crippen LogP contribution in [0.25, 0.3) is 17.4 Å². The van der Waals surface area contributed by atoms with Crippen molar-refractivity contribution in [3.63, 3.8) is 0 Å². The van der Waals surface area contributed by atoms with Crippen molar-refractivity contribution in [2.45, 2.75) is 6.42 Å². The van der Waals surface area contributed by atoms with E-state index in [0.29, 0.717) is 11.2 Å². The topological polar surface area (TPSA) is 61.8 Å². The van der Waals surface area contributed by atoms with Crippen LogP contribution in [0.1, 0.15) is 5.56 Å². The standard InChI is InChI=1S/C16H16N4O2/c1-18-14-13(15(21)19(2)16(18)22)20(11-17-14)10-6-9-12-7-4-3-5-8-12/h3-8,10-11H,9H2,1-2H3/b10-6+. The van der Waals surface area contributed by atoms with Gasteiger partial charge in [0.15, 0.2) is 11.2 Å². The van der Waals surface area contributed by atoms with Gasteiger partial charge in [-0.1, -0.05) is 36.4 Å². The fourth-order valence-electron chi connectivity index (χ4n) is 2.39. The minimum atomic E-state index is -0.379. The van der Waals surface area contributed by atoms with Gasteiger partial charge >= 0.3 is 5.69 Å². The summed E-state index contributed by atoms with van der Waals surface area (Å²) in [5.74, 6) is 0. The first-order chi connectivity index (χ1) is 10.6. The lowest BCUT2D eigenvalue weighted by molar-refractivity contribution is 0.708. The van der Waals surface area contributed by atoms with E-state index in [4.69, 9.17) is 0 Å². The summed E-state index contributed by atoms with van der Waals surface area (Å²) >= 11 is 0. The molecule has 0 fully saturated rings. The first-order valence-electron chi connectivity index (χ1n) is 6.92. The summed E-state index contributed by atoms with van der Waals surface area (Å²) in [6, 6.07) is 10.0. The molecule has 0 amide bonds. The maximum absolute atomic E-state index is 12.3. The zero-order valence-electron chi connectivity index (χ0n) is 12.4. The summed E-state index contributed by atoms with van der Waals surface area (Å²) < 4.78 is 4.11. The molecule has 1 aromatic carbocycles. The van der Waals surface area contributed by atoms with Crippen LogP contribution in [0.2, 0.25) is 0 Å². The molecular formula is C16H16N4O2. The van der Waals surface area contributed by atoms with E-state index in [1.807, 2.05) is 36.4 Å². The highest BCUT2D eigenvalue weighted by Crippen LogP contribution is 2.07. The number of benzene rings is 1. The van der Waals surface area contributed by atoms with Gasteiger partial charge in [-0.3, -0.25) is 13.9 Å². The number of hydrogen-bond acceptors (Lipinski definition) is 3. The van der Waals surface area contributed by atoms with E-state index in [0.717, 1.165) is 11.0 Å². The van der Waals surface area contributed by atoms with Gasteiger partial charge in [0.1, 0.15) is 6.33 Å². The van der Waals surface area contributed by atoms with Gasteiger partial charge in [-0.15, -0.1) is 0 Å². The van der Waals surface area contributed by atoms with E-state index in [-0.39, 0.29) is 11.2 Å². The quantitative estimate of drug-likeness (QED) is 0.728. The first kappa shape index (κ1) is 14.1. The lowest BCUT2D eigenvalue weighted by Gasteiger charge is -2.03. The predicted molar refractivity (Wildman–Crippen MR) is 85.7 cm³/mol. The third-order valence-corrected chi connectivity index (χ3v) is 3.64. The summed E-state index contributed by atoms with van der Waals surface area (Å²) in [5, 5.41) is 0. The van der Waals surface area contributed by atoms with Crippen molar-refractivity contribution in [3.8, 4) is 0 Å². The molecule has 3 aromatic rings. The Hall–Kier alpha value is -2.89. The van der Waals surface area contributed by atoms with Gasteiger partial charge in [0.05, 0.1) is 0 Å². The van der Waals surface area contributed by atoms with E-state index in [9.17, 15) is 9.59 Å². The molecule has 0 spiro atoms. The van der Waals surface area contributed by atoms with Crippen LogP contribution in [-0.2, 0) is 20.5 Å². The van der Waals surface area contributed by atoms with Crippen LogP contribution in [-0.4, -0.2) is 18.7 Å². The van der Waals surface area contributed by atoms with Crippen molar-refractivity contribution in [1.29, 1.82) is 0 Å². The van der Waals surface area contributed by atoms with E-state index in [1.54, 1.807) is 24.1 Å². The monoisotopic (exact) mass is 296 g/mol. The van der Waals surface area contributed by atoms with E-state index in [2.05, 4.69) is 4.98 Å². The fraction of sp³-hybridized carbons (Fsp3) is 0.188. The molecule has 0 N–H and O–H groups in total. The summed E-state index contributed by atoms with van der Waals surface area (Å²) in [6.07, 6.45) is 6.06. The molecule has 2 heterocycles. The Morgan fingerprint density at radius 3 is 2.55 bits per heavy atom. The Morgan fingerprint density at radius 2 is 1.82 bits per heavy atom. The van der Waals surface area contributed by atoms with Crippen LogP contribution in [0, 0.1) is 0 Å².